The van der Waals surface area contributed by atoms with Crippen molar-refractivity contribution in [2.24, 2.45) is 5.92 Å². The summed E-state index contributed by atoms with van der Waals surface area (Å²) in [6.07, 6.45) is 2.19. The molecule has 0 saturated carbocycles. The summed E-state index contributed by atoms with van der Waals surface area (Å²) in [6.45, 7) is 10.5. The van der Waals surface area contributed by atoms with Crippen molar-refractivity contribution in [3.05, 3.63) is 35.1 Å². The predicted octanol–water partition coefficient (Wildman–Crippen LogP) is 2.59. The highest BCUT2D eigenvalue weighted by molar-refractivity contribution is 5.76. The molecule has 1 fully saturated rings. The van der Waals surface area contributed by atoms with Crippen molar-refractivity contribution in [1.29, 1.82) is 0 Å². The van der Waals surface area contributed by atoms with E-state index in [1.807, 2.05) is 6.07 Å². The van der Waals surface area contributed by atoms with Crippen LogP contribution >= 0.6 is 0 Å². The molecule has 0 spiro atoms. The second kappa shape index (κ2) is 8.28. The molecular weight excluding hydrogens is 317 g/mol. The number of carbonyl (C=O) groups excluding carboxylic acids is 1. The normalized spacial score (nSPS) is 24.8. The quantitative estimate of drug-likeness (QED) is 0.889. The molecule has 1 aromatic rings. The molecule has 0 aromatic heterocycles. The number of piperazine rings is 1. The summed E-state index contributed by atoms with van der Waals surface area (Å²) in [6, 6.07) is 5.16. The second-order valence-electron chi connectivity index (χ2n) is 7.39. The third-order valence-electron chi connectivity index (χ3n) is 5.79. The van der Waals surface area contributed by atoms with Gasteiger partial charge in [-0.2, -0.15) is 0 Å². The molecule has 2 atom stereocenters. The van der Waals surface area contributed by atoms with E-state index in [9.17, 15) is 9.18 Å². The van der Waals surface area contributed by atoms with Gasteiger partial charge < -0.3 is 15.1 Å². The smallest absolute Gasteiger partial charge is 0.221 e. The molecule has 1 aromatic carbocycles. The standard InChI is InChI=1S/C20H30FN3O/c1-3-23-11-13-24(14-12-23)10-9-19(25)22-20-15(2)7-8-16-17(20)5-4-6-18(16)21/h4-6,15,20H,3,7-14H2,1-2H3,(H,22,25)/t15-,20+/m0/s1. The zero-order valence-electron chi connectivity index (χ0n) is 15.4. The summed E-state index contributed by atoms with van der Waals surface area (Å²) < 4.78 is 14.0. The van der Waals surface area contributed by atoms with E-state index >= 15 is 0 Å². The van der Waals surface area contributed by atoms with Crippen LogP contribution in [0, 0.1) is 11.7 Å². The number of amides is 1. The Morgan fingerprint density at radius 1 is 1.24 bits per heavy atom. The van der Waals surface area contributed by atoms with Gasteiger partial charge in [0.15, 0.2) is 0 Å². The van der Waals surface area contributed by atoms with Crippen LogP contribution in [0.25, 0.3) is 0 Å². The SMILES string of the molecule is CCN1CCN(CCC(=O)N[C@H]2c3cccc(F)c3CC[C@@H]2C)CC1. The Morgan fingerprint density at radius 2 is 1.96 bits per heavy atom. The number of halogens is 1. The van der Waals surface area contributed by atoms with E-state index in [0.29, 0.717) is 12.3 Å². The molecule has 2 aliphatic rings. The first-order valence-corrected chi connectivity index (χ1v) is 9.59. The van der Waals surface area contributed by atoms with Gasteiger partial charge >= 0.3 is 0 Å². The predicted molar refractivity (Wildman–Crippen MR) is 97.9 cm³/mol. The van der Waals surface area contributed by atoms with Gasteiger partial charge in [-0.15, -0.1) is 0 Å². The Balaban J connectivity index is 1.54. The van der Waals surface area contributed by atoms with Gasteiger partial charge in [0, 0.05) is 39.1 Å². The molecule has 5 heteroatoms. The molecule has 0 radical (unpaired) electrons. The lowest BCUT2D eigenvalue weighted by atomic mass is 9.80. The van der Waals surface area contributed by atoms with Crippen LogP contribution < -0.4 is 5.32 Å². The summed E-state index contributed by atoms with van der Waals surface area (Å²) in [5.74, 6) is 0.274. The molecule has 1 aliphatic carbocycles. The van der Waals surface area contributed by atoms with Crippen molar-refractivity contribution in [2.75, 3.05) is 39.3 Å². The van der Waals surface area contributed by atoms with Crippen molar-refractivity contribution in [3.8, 4) is 0 Å². The van der Waals surface area contributed by atoms with E-state index in [1.54, 1.807) is 6.07 Å². The van der Waals surface area contributed by atoms with Crippen LogP contribution in [-0.4, -0.2) is 55.0 Å². The molecule has 25 heavy (non-hydrogen) atoms. The van der Waals surface area contributed by atoms with Crippen molar-refractivity contribution in [2.45, 2.75) is 39.2 Å². The number of benzene rings is 1. The molecular formula is C20H30FN3O. The maximum atomic E-state index is 14.0. The van der Waals surface area contributed by atoms with E-state index in [1.165, 1.54) is 6.07 Å². The molecule has 1 aliphatic heterocycles. The van der Waals surface area contributed by atoms with Gasteiger partial charge in [0.05, 0.1) is 6.04 Å². The number of nitrogens with one attached hydrogen (secondary N) is 1. The summed E-state index contributed by atoms with van der Waals surface area (Å²) in [5, 5.41) is 3.17. The van der Waals surface area contributed by atoms with E-state index < -0.39 is 0 Å². The van der Waals surface area contributed by atoms with Crippen molar-refractivity contribution in [3.63, 3.8) is 0 Å². The number of likely N-dealkylation sites (N-methyl/N-ethyl adjacent to an activating group) is 1. The first-order chi connectivity index (χ1) is 12.1. The van der Waals surface area contributed by atoms with Gasteiger partial charge in [-0.25, -0.2) is 4.39 Å². The Labute approximate surface area is 150 Å². The third kappa shape index (κ3) is 4.39. The average molecular weight is 347 g/mol. The first-order valence-electron chi connectivity index (χ1n) is 9.59. The van der Waals surface area contributed by atoms with Crippen molar-refractivity contribution < 1.29 is 9.18 Å². The average Bonchev–Trinajstić information content (AvgIpc) is 2.63. The largest absolute Gasteiger partial charge is 0.349 e. The fraction of sp³-hybridized carbons (Fsp3) is 0.650. The van der Waals surface area contributed by atoms with Gasteiger partial charge in [-0.3, -0.25) is 4.79 Å². The minimum Gasteiger partial charge on any atom is -0.349 e. The Morgan fingerprint density at radius 3 is 2.68 bits per heavy atom. The fourth-order valence-electron chi connectivity index (χ4n) is 4.03. The van der Waals surface area contributed by atoms with E-state index in [-0.39, 0.29) is 17.8 Å². The lowest BCUT2D eigenvalue weighted by Crippen LogP contribution is -2.47. The summed E-state index contributed by atoms with van der Waals surface area (Å²) >= 11 is 0. The minimum atomic E-state index is -0.141. The molecule has 0 bridgehead atoms. The highest BCUT2D eigenvalue weighted by Gasteiger charge is 2.29. The summed E-state index contributed by atoms with van der Waals surface area (Å²) in [7, 11) is 0. The lowest BCUT2D eigenvalue weighted by Gasteiger charge is -2.34. The monoisotopic (exact) mass is 347 g/mol. The zero-order valence-corrected chi connectivity index (χ0v) is 15.4. The number of rotatable bonds is 5. The Bertz CT molecular complexity index is 599. The van der Waals surface area contributed by atoms with Crippen LogP contribution in [0.2, 0.25) is 0 Å². The van der Waals surface area contributed by atoms with Crippen LogP contribution in [0.1, 0.15) is 43.9 Å². The van der Waals surface area contributed by atoms with Gasteiger partial charge in [0.25, 0.3) is 0 Å². The van der Waals surface area contributed by atoms with Gasteiger partial charge in [-0.05, 0) is 42.5 Å². The number of nitrogens with zero attached hydrogens (tertiary/aromatic N) is 2. The molecule has 1 amide bonds. The van der Waals surface area contributed by atoms with Crippen LogP contribution in [0.3, 0.4) is 0 Å². The van der Waals surface area contributed by atoms with E-state index in [4.69, 9.17) is 0 Å². The molecule has 1 N–H and O–H groups in total. The number of carbonyl (C=O) groups is 1. The van der Waals surface area contributed by atoms with E-state index in [2.05, 4.69) is 29.0 Å². The molecule has 138 valence electrons. The molecule has 4 nitrogen and oxygen atoms in total. The lowest BCUT2D eigenvalue weighted by molar-refractivity contribution is -0.122. The zero-order chi connectivity index (χ0) is 17.8. The molecule has 3 rings (SSSR count). The third-order valence-corrected chi connectivity index (χ3v) is 5.79. The van der Waals surface area contributed by atoms with Crippen LogP contribution in [-0.2, 0) is 11.2 Å². The Hall–Kier alpha value is -1.46. The van der Waals surface area contributed by atoms with Crippen molar-refractivity contribution >= 4 is 5.91 Å². The van der Waals surface area contributed by atoms with Gasteiger partial charge in [-0.1, -0.05) is 26.0 Å². The maximum Gasteiger partial charge on any atom is 0.221 e. The van der Waals surface area contributed by atoms with Crippen LogP contribution in [0.4, 0.5) is 4.39 Å². The highest BCUT2D eigenvalue weighted by Crippen LogP contribution is 2.35. The second-order valence-corrected chi connectivity index (χ2v) is 7.39. The van der Waals surface area contributed by atoms with Gasteiger partial charge in [0.1, 0.15) is 5.82 Å². The first kappa shape index (κ1) is 18.3. The van der Waals surface area contributed by atoms with Crippen LogP contribution in [0.5, 0.6) is 0 Å². The summed E-state index contributed by atoms with van der Waals surface area (Å²) in [4.78, 5) is 17.3. The molecule has 1 saturated heterocycles. The minimum absolute atomic E-state index is 0.0658. The highest BCUT2D eigenvalue weighted by atomic mass is 19.1. The van der Waals surface area contributed by atoms with E-state index in [0.717, 1.165) is 63.2 Å². The molecule has 0 unspecified atom stereocenters. The van der Waals surface area contributed by atoms with Crippen LogP contribution in [0.15, 0.2) is 18.2 Å². The topological polar surface area (TPSA) is 35.6 Å². The number of hydrogen-bond donors (Lipinski definition) is 1. The summed E-state index contributed by atoms with van der Waals surface area (Å²) in [5.41, 5.74) is 1.74. The van der Waals surface area contributed by atoms with Crippen molar-refractivity contribution in [1.82, 2.24) is 15.1 Å². The molecule has 1 heterocycles. The fourth-order valence-corrected chi connectivity index (χ4v) is 4.03. The maximum absolute atomic E-state index is 14.0. The number of fused-ring (bicyclic) bond motifs is 1. The Kier molecular flexibility index (Phi) is 6.07. The van der Waals surface area contributed by atoms with Gasteiger partial charge in [0.2, 0.25) is 5.91 Å². The number of hydrogen-bond acceptors (Lipinski definition) is 3.